The second-order valence-electron chi connectivity index (χ2n) is 5.37. The summed E-state index contributed by atoms with van der Waals surface area (Å²) in [6, 6.07) is 1.97. The standard InChI is InChI=1S/C12H21N3/c1-9(2)10-6-7-13-11(15-10)14-8-12(3,4)5/h6-7,9H,8H2,1-5H3,(H,13,14,15). The summed E-state index contributed by atoms with van der Waals surface area (Å²) in [5, 5.41) is 3.26. The number of nitrogens with zero attached hydrogens (tertiary/aromatic N) is 2. The van der Waals surface area contributed by atoms with Gasteiger partial charge in [0.2, 0.25) is 5.95 Å². The molecule has 1 aromatic heterocycles. The summed E-state index contributed by atoms with van der Waals surface area (Å²) in [4.78, 5) is 8.66. The molecule has 0 spiro atoms. The Morgan fingerprint density at radius 2 is 2.00 bits per heavy atom. The van der Waals surface area contributed by atoms with Crippen molar-refractivity contribution in [1.29, 1.82) is 0 Å². The van der Waals surface area contributed by atoms with Crippen LogP contribution in [0.2, 0.25) is 0 Å². The van der Waals surface area contributed by atoms with E-state index in [0.717, 1.165) is 18.2 Å². The molecule has 0 aromatic carbocycles. The van der Waals surface area contributed by atoms with E-state index >= 15 is 0 Å². The summed E-state index contributed by atoms with van der Waals surface area (Å²) in [5.41, 5.74) is 1.33. The van der Waals surface area contributed by atoms with Crippen LogP contribution in [0.5, 0.6) is 0 Å². The molecule has 0 bridgehead atoms. The van der Waals surface area contributed by atoms with Crippen molar-refractivity contribution in [3.8, 4) is 0 Å². The van der Waals surface area contributed by atoms with Crippen molar-refractivity contribution in [3.05, 3.63) is 18.0 Å². The minimum absolute atomic E-state index is 0.247. The first kappa shape index (κ1) is 12.0. The zero-order valence-corrected chi connectivity index (χ0v) is 10.3. The van der Waals surface area contributed by atoms with Crippen molar-refractivity contribution in [2.24, 2.45) is 5.41 Å². The zero-order valence-electron chi connectivity index (χ0n) is 10.3. The zero-order chi connectivity index (χ0) is 11.5. The lowest BCUT2D eigenvalue weighted by Crippen LogP contribution is -2.20. The van der Waals surface area contributed by atoms with Gasteiger partial charge in [-0.2, -0.15) is 0 Å². The van der Waals surface area contributed by atoms with Crippen molar-refractivity contribution >= 4 is 5.95 Å². The van der Waals surface area contributed by atoms with Crippen molar-refractivity contribution in [2.75, 3.05) is 11.9 Å². The molecule has 1 heterocycles. The summed E-state index contributed by atoms with van der Waals surface area (Å²) >= 11 is 0. The van der Waals surface area contributed by atoms with Crippen LogP contribution in [0, 0.1) is 5.41 Å². The maximum absolute atomic E-state index is 4.45. The van der Waals surface area contributed by atoms with Gasteiger partial charge in [-0.15, -0.1) is 0 Å². The summed E-state index contributed by atoms with van der Waals surface area (Å²) in [5.74, 6) is 1.18. The predicted octanol–water partition coefficient (Wildman–Crippen LogP) is 3.06. The fraction of sp³-hybridized carbons (Fsp3) is 0.667. The van der Waals surface area contributed by atoms with Gasteiger partial charge in [0.1, 0.15) is 0 Å². The average molecular weight is 207 g/mol. The SMILES string of the molecule is CC(C)c1ccnc(NCC(C)(C)C)n1. The van der Waals surface area contributed by atoms with Gasteiger partial charge < -0.3 is 5.32 Å². The quantitative estimate of drug-likeness (QED) is 0.827. The minimum atomic E-state index is 0.247. The van der Waals surface area contributed by atoms with Gasteiger partial charge in [-0.3, -0.25) is 0 Å². The number of nitrogens with one attached hydrogen (secondary N) is 1. The summed E-state index contributed by atoms with van der Waals surface area (Å²) in [6.45, 7) is 11.7. The monoisotopic (exact) mass is 207 g/mol. The number of hydrogen-bond donors (Lipinski definition) is 1. The molecule has 1 rings (SSSR count). The molecular formula is C12H21N3. The van der Waals surface area contributed by atoms with Gasteiger partial charge in [0, 0.05) is 18.4 Å². The summed E-state index contributed by atoms with van der Waals surface area (Å²) in [7, 11) is 0. The first-order chi connectivity index (χ1) is 6.88. The Morgan fingerprint density at radius 1 is 1.33 bits per heavy atom. The molecule has 0 aliphatic heterocycles. The second kappa shape index (κ2) is 4.60. The van der Waals surface area contributed by atoms with Crippen LogP contribution in [0.4, 0.5) is 5.95 Å². The maximum atomic E-state index is 4.45. The highest BCUT2D eigenvalue weighted by Crippen LogP contribution is 2.15. The van der Waals surface area contributed by atoms with E-state index < -0.39 is 0 Å². The highest BCUT2D eigenvalue weighted by atomic mass is 15.1. The molecule has 1 N–H and O–H groups in total. The molecule has 0 radical (unpaired) electrons. The highest BCUT2D eigenvalue weighted by Gasteiger charge is 2.10. The Morgan fingerprint density at radius 3 is 2.53 bits per heavy atom. The summed E-state index contributed by atoms with van der Waals surface area (Å²) < 4.78 is 0. The van der Waals surface area contributed by atoms with E-state index in [9.17, 15) is 0 Å². The van der Waals surface area contributed by atoms with Crippen LogP contribution < -0.4 is 5.32 Å². The molecular weight excluding hydrogens is 186 g/mol. The number of aromatic nitrogens is 2. The van der Waals surface area contributed by atoms with Crippen molar-refractivity contribution in [2.45, 2.75) is 40.5 Å². The van der Waals surface area contributed by atoms with Gasteiger partial charge in [0.25, 0.3) is 0 Å². The average Bonchev–Trinajstić information content (AvgIpc) is 2.14. The first-order valence-electron chi connectivity index (χ1n) is 5.45. The summed E-state index contributed by atoms with van der Waals surface area (Å²) in [6.07, 6.45) is 1.81. The van der Waals surface area contributed by atoms with Crippen LogP contribution in [-0.2, 0) is 0 Å². The topological polar surface area (TPSA) is 37.8 Å². The number of anilines is 1. The molecule has 3 nitrogen and oxygen atoms in total. The number of hydrogen-bond acceptors (Lipinski definition) is 3. The van der Waals surface area contributed by atoms with E-state index in [0.29, 0.717) is 5.92 Å². The molecule has 0 saturated carbocycles. The third kappa shape index (κ3) is 4.28. The molecule has 0 saturated heterocycles. The fourth-order valence-electron chi connectivity index (χ4n) is 1.12. The third-order valence-electron chi connectivity index (χ3n) is 2.05. The fourth-order valence-corrected chi connectivity index (χ4v) is 1.12. The van der Waals surface area contributed by atoms with Crippen molar-refractivity contribution in [3.63, 3.8) is 0 Å². The van der Waals surface area contributed by atoms with Gasteiger partial charge in [-0.25, -0.2) is 9.97 Å². The van der Waals surface area contributed by atoms with E-state index in [2.05, 4.69) is 49.9 Å². The molecule has 0 atom stereocenters. The van der Waals surface area contributed by atoms with Gasteiger partial charge in [-0.05, 0) is 17.4 Å². The van der Waals surface area contributed by atoms with E-state index in [1.54, 1.807) is 0 Å². The molecule has 1 aromatic rings. The molecule has 0 aliphatic carbocycles. The maximum Gasteiger partial charge on any atom is 0.222 e. The van der Waals surface area contributed by atoms with Crippen LogP contribution in [0.25, 0.3) is 0 Å². The Hall–Kier alpha value is -1.12. The lowest BCUT2D eigenvalue weighted by molar-refractivity contribution is 0.441. The van der Waals surface area contributed by atoms with Gasteiger partial charge >= 0.3 is 0 Å². The van der Waals surface area contributed by atoms with Gasteiger partial charge in [0.15, 0.2) is 0 Å². The normalized spacial score (nSPS) is 11.9. The van der Waals surface area contributed by atoms with E-state index in [-0.39, 0.29) is 5.41 Å². The molecule has 0 amide bonds. The minimum Gasteiger partial charge on any atom is -0.354 e. The Bertz CT molecular complexity index is 313. The molecule has 84 valence electrons. The Labute approximate surface area is 92.3 Å². The first-order valence-corrected chi connectivity index (χ1v) is 5.45. The van der Waals surface area contributed by atoms with Gasteiger partial charge in [0.05, 0.1) is 0 Å². The van der Waals surface area contributed by atoms with Crippen molar-refractivity contribution in [1.82, 2.24) is 9.97 Å². The van der Waals surface area contributed by atoms with Gasteiger partial charge in [-0.1, -0.05) is 34.6 Å². The molecule has 0 unspecified atom stereocenters. The van der Waals surface area contributed by atoms with E-state index in [1.807, 2.05) is 12.3 Å². The number of rotatable bonds is 3. The lowest BCUT2D eigenvalue weighted by Gasteiger charge is -2.18. The van der Waals surface area contributed by atoms with Crippen LogP contribution in [0.3, 0.4) is 0 Å². The molecule has 0 fully saturated rings. The molecule has 15 heavy (non-hydrogen) atoms. The third-order valence-corrected chi connectivity index (χ3v) is 2.05. The van der Waals surface area contributed by atoms with Crippen LogP contribution in [0.15, 0.2) is 12.3 Å². The van der Waals surface area contributed by atoms with E-state index in [1.165, 1.54) is 0 Å². The lowest BCUT2D eigenvalue weighted by atomic mass is 9.97. The van der Waals surface area contributed by atoms with Crippen LogP contribution >= 0.6 is 0 Å². The second-order valence-corrected chi connectivity index (χ2v) is 5.37. The highest BCUT2D eigenvalue weighted by molar-refractivity contribution is 5.26. The van der Waals surface area contributed by atoms with Crippen LogP contribution in [-0.4, -0.2) is 16.5 Å². The van der Waals surface area contributed by atoms with E-state index in [4.69, 9.17) is 0 Å². The van der Waals surface area contributed by atoms with Crippen LogP contribution in [0.1, 0.15) is 46.2 Å². The van der Waals surface area contributed by atoms with Crippen molar-refractivity contribution < 1.29 is 0 Å². The predicted molar refractivity (Wildman–Crippen MR) is 64.1 cm³/mol. The molecule has 0 aliphatic rings. The Kier molecular flexibility index (Phi) is 3.66. The molecule has 3 heteroatoms. The Balaban J connectivity index is 2.66. The smallest absolute Gasteiger partial charge is 0.222 e. The largest absolute Gasteiger partial charge is 0.354 e.